The van der Waals surface area contributed by atoms with Gasteiger partial charge in [-0.25, -0.2) is 4.98 Å². The number of anilines is 2. The Bertz CT molecular complexity index is 910. The van der Waals surface area contributed by atoms with Gasteiger partial charge in [-0.2, -0.15) is 0 Å². The Morgan fingerprint density at radius 3 is 2.52 bits per heavy atom. The number of amides is 3. The van der Waals surface area contributed by atoms with Crippen LogP contribution in [-0.4, -0.2) is 34.2 Å². The monoisotopic (exact) mass is 391 g/mol. The Labute approximate surface area is 158 Å². The van der Waals surface area contributed by atoms with Gasteiger partial charge in [-0.3, -0.25) is 29.4 Å². The predicted octanol–water partition coefficient (Wildman–Crippen LogP) is 2.17. The van der Waals surface area contributed by atoms with E-state index in [4.69, 9.17) is 5.73 Å². The number of hydrogen-bond acceptors (Lipinski definition) is 7. The molecular weight excluding hydrogens is 374 g/mol. The van der Waals surface area contributed by atoms with Gasteiger partial charge >= 0.3 is 5.00 Å². The molecule has 2 rings (SSSR count). The number of aromatic nitrogens is 1. The first-order chi connectivity index (χ1) is 12.8. The zero-order chi connectivity index (χ0) is 20.1. The van der Waals surface area contributed by atoms with Gasteiger partial charge in [-0.05, 0) is 29.9 Å². The molecule has 0 aliphatic rings. The van der Waals surface area contributed by atoms with Crippen LogP contribution in [-0.2, 0) is 4.79 Å². The Hall–Kier alpha value is -3.34. The van der Waals surface area contributed by atoms with Gasteiger partial charge in [0.05, 0.1) is 21.7 Å². The number of nitro groups is 1. The lowest BCUT2D eigenvalue weighted by atomic mass is 10.0. The predicted molar refractivity (Wildman–Crippen MR) is 100.0 cm³/mol. The second-order valence-electron chi connectivity index (χ2n) is 5.47. The van der Waals surface area contributed by atoms with Crippen LogP contribution < -0.4 is 16.0 Å². The van der Waals surface area contributed by atoms with Crippen molar-refractivity contribution in [3.63, 3.8) is 0 Å². The summed E-state index contributed by atoms with van der Waals surface area (Å²) < 4.78 is 0. The molecule has 0 saturated heterocycles. The SMILES string of the molecule is CCCN(C(=O)c1cccc(C(N)=O)c1NC(C)=O)c1ncc([N+](=O)[O-])s1. The molecular formula is C16H17N5O5S. The summed E-state index contributed by atoms with van der Waals surface area (Å²) >= 11 is 0.758. The van der Waals surface area contributed by atoms with E-state index in [1.54, 1.807) is 0 Å². The number of rotatable bonds is 7. The van der Waals surface area contributed by atoms with Gasteiger partial charge < -0.3 is 11.1 Å². The number of hydrogen-bond donors (Lipinski definition) is 2. The van der Waals surface area contributed by atoms with Gasteiger partial charge in [0.1, 0.15) is 6.20 Å². The van der Waals surface area contributed by atoms with Crippen molar-refractivity contribution in [2.75, 3.05) is 16.8 Å². The number of nitrogens with two attached hydrogens (primary N) is 1. The molecule has 0 aliphatic heterocycles. The van der Waals surface area contributed by atoms with E-state index >= 15 is 0 Å². The molecule has 0 radical (unpaired) electrons. The molecule has 0 bridgehead atoms. The van der Waals surface area contributed by atoms with Crippen molar-refractivity contribution in [2.24, 2.45) is 5.73 Å². The van der Waals surface area contributed by atoms with E-state index < -0.39 is 22.6 Å². The lowest BCUT2D eigenvalue weighted by molar-refractivity contribution is -0.380. The first-order valence-corrected chi connectivity index (χ1v) is 8.70. The summed E-state index contributed by atoms with van der Waals surface area (Å²) in [5, 5.41) is 13.3. The standard InChI is InChI=1S/C16H17N5O5S/c1-3-7-20(16-18-8-12(27-16)21(25)26)15(24)11-6-4-5-10(14(17)23)13(11)19-9(2)22/h4-6,8H,3,7H2,1-2H3,(H2,17,23)(H,19,22). The van der Waals surface area contributed by atoms with E-state index in [-0.39, 0.29) is 33.5 Å². The second-order valence-corrected chi connectivity index (χ2v) is 6.46. The molecule has 1 aromatic heterocycles. The molecule has 11 heteroatoms. The van der Waals surface area contributed by atoms with Crippen LogP contribution in [0.4, 0.5) is 15.8 Å². The molecule has 3 amide bonds. The van der Waals surface area contributed by atoms with Crippen LogP contribution in [0.15, 0.2) is 24.4 Å². The number of carbonyl (C=O) groups is 3. The molecule has 2 aromatic rings. The lowest BCUT2D eigenvalue weighted by Crippen LogP contribution is -2.33. The maximum atomic E-state index is 13.1. The fourth-order valence-corrected chi connectivity index (χ4v) is 3.12. The summed E-state index contributed by atoms with van der Waals surface area (Å²) in [6.07, 6.45) is 1.63. The summed E-state index contributed by atoms with van der Waals surface area (Å²) in [6, 6.07) is 4.29. The third-order valence-electron chi connectivity index (χ3n) is 3.45. The van der Waals surface area contributed by atoms with Crippen molar-refractivity contribution in [3.05, 3.63) is 45.6 Å². The first-order valence-electron chi connectivity index (χ1n) is 7.88. The van der Waals surface area contributed by atoms with Gasteiger partial charge in [0.2, 0.25) is 5.91 Å². The van der Waals surface area contributed by atoms with Crippen LogP contribution in [0.5, 0.6) is 0 Å². The number of nitrogens with zero attached hydrogens (tertiary/aromatic N) is 3. The highest BCUT2D eigenvalue weighted by Gasteiger charge is 2.26. The van der Waals surface area contributed by atoms with E-state index in [2.05, 4.69) is 10.3 Å². The van der Waals surface area contributed by atoms with Crippen LogP contribution in [0.2, 0.25) is 0 Å². The van der Waals surface area contributed by atoms with E-state index in [0.717, 1.165) is 17.5 Å². The van der Waals surface area contributed by atoms with Crippen molar-refractivity contribution in [1.82, 2.24) is 4.98 Å². The minimum absolute atomic E-state index is 0.00495. The molecule has 0 atom stereocenters. The van der Waals surface area contributed by atoms with Crippen LogP contribution >= 0.6 is 11.3 Å². The number of benzene rings is 1. The molecule has 0 saturated carbocycles. The summed E-state index contributed by atoms with van der Waals surface area (Å²) in [7, 11) is 0. The van der Waals surface area contributed by atoms with Crippen molar-refractivity contribution in [1.29, 1.82) is 0 Å². The van der Waals surface area contributed by atoms with Crippen LogP contribution in [0.3, 0.4) is 0 Å². The average molecular weight is 391 g/mol. The summed E-state index contributed by atoms with van der Waals surface area (Å²) in [4.78, 5) is 51.9. The van der Waals surface area contributed by atoms with Gasteiger partial charge in [0.25, 0.3) is 11.8 Å². The molecule has 0 spiro atoms. The summed E-state index contributed by atoms with van der Waals surface area (Å²) in [6.45, 7) is 3.31. The van der Waals surface area contributed by atoms with E-state index in [1.165, 1.54) is 30.0 Å². The Morgan fingerprint density at radius 1 is 1.33 bits per heavy atom. The van der Waals surface area contributed by atoms with Crippen LogP contribution in [0, 0.1) is 10.1 Å². The molecule has 10 nitrogen and oxygen atoms in total. The first kappa shape index (κ1) is 20.0. The zero-order valence-electron chi connectivity index (χ0n) is 14.6. The summed E-state index contributed by atoms with van der Waals surface area (Å²) in [5.74, 6) is -1.85. The number of primary amides is 1. The zero-order valence-corrected chi connectivity index (χ0v) is 15.4. The fraction of sp³-hybridized carbons (Fsp3) is 0.250. The smallest absolute Gasteiger partial charge is 0.345 e. The van der Waals surface area contributed by atoms with Gasteiger partial charge in [0.15, 0.2) is 5.13 Å². The van der Waals surface area contributed by atoms with Crippen LogP contribution in [0.25, 0.3) is 0 Å². The topological polar surface area (TPSA) is 149 Å². The normalized spacial score (nSPS) is 10.3. The minimum atomic E-state index is -0.805. The van der Waals surface area contributed by atoms with Gasteiger partial charge in [0, 0.05) is 13.5 Å². The fourth-order valence-electron chi connectivity index (χ4n) is 2.37. The highest BCUT2D eigenvalue weighted by atomic mass is 32.1. The van der Waals surface area contributed by atoms with Crippen molar-refractivity contribution in [2.45, 2.75) is 20.3 Å². The molecule has 0 unspecified atom stereocenters. The highest BCUT2D eigenvalue weighted by molar-refractivity contribution is 7.18. The Morgan fingerprint density at radius 2 is 2.00 bits per heavy atom. The van der Waals surface area contributed by atoms with Crippen molar-refractivity contribution < 1.29 is 19.3 Å². The van der Waals surface area contributed by atoms with Crippen LogP contribution in [0.1, 0.15) is 41.0 Å². The molecule has 142 valence electrons. The number of para-hydroxylation sites is 1. The highest BCUT2D eigenvalue weighted by Crippen LogP contribution is 2.31. The van der Waals surface area contributed by atoms with Gasteiger partial charge in [-0.15, -0.1) is 0 Å². The largest absolute Gasteiger partial charge is 0.366 e. The second kappa shape index (κ2) is 8.36. The maximum Gasteiger partial charge on any atom is 0.345 e. The third kappa shape index (κ3) is 4.44. The Balaban J connectivity index is 2.54. The molecule has 1 aromatic carbocycles. The summed E-state index contributed by atoms with van der Waals surface area (Å²) in [5.41, 5.74) is 5.36. The third-order valence-corrected chi connectivity index (χ3v) is 4.42. The van der Waals surface area contributed by atoms with E-state index in [9.17, 15) is 24.5 Å². The Kier molecular flexibility index (Phi) is 6.19. The minimum Gasteiger partial charge on any atom is -0.366 e. The van der Waals surface area contributed by atoms with Crippen molar-refractivity contribution in [3.8, 4) is 0 Å². The van der Waals surface area contributed by atoms with Crippen molar-refractivity contribution >= 4 is 44.9 Å². The molecule has 0 aliphatic carbocycles. The number of carbonyl (C=O) groups excluding carboxylic acids is 3. The number of thiazole rings is 1. The van der Waals surface area contributed by atoms with E-state index in [1.807, 2.05) is 6.92 Å². The molecule has 27 heavy (non-hydrogen) atoms. The molecule has 1 heterocycles. The molecule has 3 N–H and O–H groups in total. The average Bonchev–Trinajstić information content (AvgIpc) is 3.08. The number of nitrogens with one attached hydrogen (secondary N) is 1. The van der Waals surface area contributed by atoms with Gasteiger partial charge in [-0.1, -0.05) is 13.0 Å². The maximum absolute atomic E-state index is 13.1. The van der Waals surface area contributed by atoms with E-state index in [0.29, 0.717) is 6.42 Å². The molecule has 0 fully saturated rings. The quantitative estimate of drug-likeness (QED) is 0.546. The lowest BCUT2D eigenvalue weighted by Gasteiger charge is -2.21.